The molecule has 30 heavy (non-hydrogen) atoms. The highest BCUT2D eigenvalue weighted by molar-refractivity contribution is 14.1. The summed E-state index contributed by atoms with van der Waals surface area (Å²) in [4.78, 5) is 4.08. The summed E-state index contributed by atoms with van der Waals surface area (Å²) < 4.78 is 3.62. The van der Waals surface area contributed by atoms with Crippen LogP contribution in [0.3, 0.4) is 0 Å². The fourth-order valence-corrected chi connectivity index (χ4v) is 6.77. The molecule has 1 unspecified atom stereocenters. The van der Waals surface area contributed by atoms with Gasteiger partial charge in [-0.25, -0.2) is 0 Å². The normalized spacial score (nSPS) is 12.2. The van der Waals surface area contributed by atoms with Crippen LogP contribution < -0.4 is 0 Å². The van der Waals surface area contributed by atoms with E-state index in [9.17, 15) is 0 Å². The van der Waals surface area contributed by atoms with Crippen molar-refractivity contribution in [1.29, 1.82) is 0 Å². The molecule has 1 nitrogen and oxygen atoms in total. The largest absolute Gasteiger partial charge is 0.339 e. The third kappa shape index (κ3) is 3.46. The third-order valence-corrected chi connectivity index (χ3v) is 8.37. The van der Waals surface area contributed by atoms with Crippen molar-refractivity contribution in [3.8, 4) is 11.3 Å². The molecule has 1 heterocycles. The quantitative estimate of drug-likeness (QED) is 0.171. The van der Waals surface area contributed by atoms with E-state index in [1.165, 1.54) is 40.4 Å². The van der Waals surface area contributed by atoms with Crippen LogP contribution in [0.4, 0.5) is 0 Å². The molecule has 3 heteroatoms. The summed E-state index contributed by atoms with van der Waals surface area (Å²) in [6, 6.07) is 39.5. The maximum absolute atomic E-state index is 2.38. The first-order chi connectivity index (χ1) is 14.7. The second-order valence-electron chi connectivity index (χ2n) is 7.19. The monoisotopic (exact) mass is 518 g/mol. The van der Waals surface area contributed by atoms with Gasteiger partial charge in [-0.3, -0.25) is 0 Å². The lowest BCUT2D eigenvalue weighted by molar-refractivity contribution is 0.967. The van der Waals surface area contributed by atoms with Crippen LogP contribution in [0.25, 0.3) is 22.2 Å². The summed E-state index contributed by atoms with van der Waals surface area (Å²) >= 11 is 2.38. The Hall–Kier alpha value is -2.50. The van der Waals surface area contributed by atoms with Gasteiger partial charge in [0.2, 0.25) is 0 Å². The average molecular weight is 518 g/mol. The number of hydrogen-bond acceptors (Lipinski definition) is 0. The van der Waals surface area contributed by atoms with Gasteiger partial charge in [-0.2, -0.15) is 0 Å². The van der Waals surface area contributed by atoms with E-state index in [0.29, 0.717) is 0 Å². The smallest absolute Gasteiger partial charge is 0.200 e. The Morgan fingerprint density at radius 2 is 1.20 bits per heavy atom. The third-order valence-electron chi connectivity index (χ3n) is 5.34. The summed E-state index contributed by atoms with van der Waals surface area (Å²) in [6.07, 6.45) is 0. The number of fused-ring (bicyclic) bond motifs is 1. The molecule has 0 fully saturated rings. The Balaban J connectivity index is 1.88. The number of benzene rings is 4. The van der Waals surface area contributed by atoms with Gasteiger partial charge < -0.3 is 4.57 Å². The van der Waals surface area contributed by atoms with Gasteiger partial charge in [0.15, 0.2) is 14.7 Å². The standard InChI is InChI=1S/C27H21INS/c1-29-25-15-9-8-14-24(25)27(26(29)20-10-4-2-5-11-20)30(22-12-6-3-7-13-22)23-18-16-21(28)17-19-23/h2-19H,1H3/q+1. The van der Waals surface area contributed by atoms with Crippen molar-refractivity contribution in [2.24, 2.45) is 7.05 Å². The molecule has 4 aromatic carbocycles. The molecule has 0 aliphatic carbocycles. The van der Waals surface area contributed by atoms with Crippen LogP contribution in [0.2, 0.25) is 0 Å². The molecule has 0 saturated carbocycles. The maximum atomic E-state index is 2.38. The van der Waals surface area contributed by atoms with Gasteiger partial charge in [0.25, 0.3) is 0 Å². The second-order valence-corrected chi connectivity index (χ2v) is 10.4. The molecule has 0 N–H and O–H groups in total. The number of hydrogen-bond donors (Lipinski definition) is 0. The lowest BCUT2D eigenvalue weighted by atomic mass is 10.1. The molecule has 5 rings (SSSR count). The predicted molar refractivity (Wildman–Crippen MR) is 136 cm³/mol. The number of para-hydroxylation sites is 1. The molecule has 1 atom stereocenters. The lowest BCUT2D eigenvalue weighted by Crippen LogP contribution is -2.07. The predicted octanol–water partition coefficient (Wildman–Crippen LogP) is 7.55. The van der Waals surface area contributed by atoms with E-state index >= 15 is 0 Å². The van der Waals surface area contributed by atoms with Crippen molar-refractivity contribution >= 4 is 44.4 Å². The van der Waals surface area contributed by atoms with E-state index in [-0.39, 0.29) is 10.9 Å². The molecule has 0 aliphatic rings. The molecule has 0 amide bonds. The van der Waals surface area contributed by atoms with Crippen molar-refractivity contribution in [3.63, 3.8) is 0 Å². The van der Waals surface area contributed by atoms with Crippen molar-refractivity contribution in [2.75, 3.05) is 0 Å². The number of aromatic nitrogens is 1. The Morgan fingerprint density at radius 1 is 0.633 bits per heavy atom. The SMILES string of the molecule is Cn1c(-c2ccccc2)c([S+](c2ccccc2)c2ccc(I)cc2)c2ccccc21. The molecule has 5 aromatic rings. The van der Waals surface area contributed by atoms with E-state index in [0.717, 1.165) is 0 Å². The van der Waals surface area contributed by atoms with Crippen LogP contribution in [0.1, 0.15) is 0 Å². The molecule has 146 valence electrons. The highest BCUT2D eigenvalue weighted by Crippen LogP contribution is 2.43. The Morgan fingerprint density at radius 3 is 1.90 bits per heavy atom. The molecule has 0 saturated heterocycles. The zero-order valence-electron chi connectivity index (χ0n) is 16.6. The van der Waals surface area contributed by atoms with Gasteiger partial charge in [-0.15, -0.1) is 0 Å². The summed E-state index contributed by atoms with van der Waals surface area (Å²) in [6.45, 7) is 0. The van der Waals surface area contributed by atoms with Crippen LogP contribution in [-0.2, 0) is 17.9 Å². The summed E-state index contributed by atoms with van der Waals surface area (Å²) in [7, 11) is 1.98. The summed E-state index contributed by atoms with van der Waals surface area (Å²) in [5, 5.41) is 1.32. The van der Waals surface area contributed by atoms with E-state index in [4.69, 9.17) is 0 Å². The zero-order chi connectivity index (χ0) is 20.5. The molecular weight excluding hydrogens is 497 g/mol. The molecule has 1 aromatic heterocycles. The van der Waals surface area contributed by atoms with E-state index in [2.05, 4.69) is 143 Å². The minimum absolute atomic E-state index is 0.213. The van der Waals surface area contributed by atoms with Gasteiger partial charge in [-0.05, 0) is 71.1 Å². The Labute approximate surface area is 193 Å². The Kier molecular flexibility index (Phi) is 5.40. The van der Waals surface area contributed by atoms with E-state index < -0.39 is 0 Å². The first kappa shape index (κ1) is 19.5. The highest BCUT2D eigenvalue weighted by Gasteiger charge is 2.36. The van der Waals surface area contributed by atoms with Crippen LogP contribution >= 0.6 is 22.6 Å². The molecular formula is C27H21INS+. The number of rotatable bonds is 4. The van der Waals surface area contributed by atoms with Crippen molar-refractivity contribution in [3.05, 3.63) is 113 Å². The first-order valence-corrected chi connectivity index (χ1v) is 12.2. The van der Waals surface area contributed by atoms with Crippen molar-refractivity contribution in [1.82, 2.24) is 4.57 Å². The zero-order valence-corrected chi connectivity index (χ0v) is 19.6. The van der Waals surface area contributed by atoms with Gasteiger partial charge in [-0.1, -0.05) is 60.7 Å². The summed E-state index contributed by atoms with van der Waals surface area (Å²) in [5.41, 5.74) is 3.82. The van der Waals surface area contributed by atoms with Gasteiger partial charge in [0.05, 0.1) is 10.9 Å². The number of nitrogens with zero attached hydrogens (tertiary/aromatic N) is 1. The number of aryl methyl sites for hydroxylation is 1. The maximum Gasteiger partial charge on any atom is 0.200 e. The highest BCUT2D eigenvalue weighted by atomic mass is 127. The molecule has 0 bridgehead atoms. The fraction of sp³-hybridized carbons (Fsp3) is 0.0370. The van der Waals surface area contributed by atoms with Gasteiger partial charge in [0, 0.05) is 16.2 Å². The fourth-order valence-electron chi connectivity index (χ4n) is 3.98. The van der Waals surface area contributed by atoms with Crippen LogP contribution in [0.15, 0.2) is 124 Å². The van der Waals surface area contributed by atoms with Crippen molar-refractivity contribution in [2.45, 2.75) is 14.7 Å². The Bertz CT molecular complexity index is 1290. The number of halogens is 1. The van der Waals surface area contributed by atoms with Gasteiger partial charge in [0.1, 0.15) is 16.6 Å². The first-order valence-electron chi connectivity index (χ1n) is 9.92. The van der Waals surface area contributed by atoms with Crippen LogP contribution in [0.5, 0.6) is 0 Å². The van der Waals surface area contributed by atoms with E-state index in [1.807, 2.05) is 0 Å². The lowest BCUT2D eigenvalue weighted by Gasteiger charge is -2.11. The minimum atomic E-state index is -0.213. The van der Waals surface area contributed by atoms with Crippen LogP contribution in [-0.4, -0.2) is 4.57 Å². The minimum Gasteiger partial charge on any atom is -0.339 e. The topological polar surface area (TPSA) is 4.93 Å². The summed E-state index contributed by atoms with van der Waals surface area (Å²) in [5.74, 6) is 0. The molecule has 0 aliphatic heterocycles. The van der Waals surface area contributed by atoms with E-state index in [1.54, 1.807) is 0 Å². The molecule has 0 radical (unpaired) electrons. The van der Waals surface area contributed by atoms with Crippen LogP contribution in [0, 0.1) is 3.57 Å². The van der Waals surface area contributed by atoms with Crippen molar-refractivity contribution < 1.29 is 0 Å². The second kappa shape index (κ2) is 8.32. The van der Waals surface area contributed by atoms with Gasteiger partial charge >= 0.3 is 0 Å². The molecule has 0 spiro atoms. The average Bonchev–Trinajstić information content (AvgIpc) is 3.09.